The van der Waals surface area contributed by atoms with Crippen LogP contribution in [0.4, 0.5) is 0 Å². The number of nitriles is 1. The zero-order valence-electron chi connectivity index (χ0n) is 13.1. The number of aromatic carboxylic acids is 1. The molecule has 2 rings (SSSR count). The van der Waals surface area contributed by atoms with Crippen molar-refractivity contribution in [3.8, 4) is 6.07 Å². The quantitative estimate of drug-likeness (QED) is 0.660. The molecule has 1 aromatic carbocycles. The topological polar surface area (TPSA) is 90.2 Å². The Bertz CT molecular complexity index is 656. The molecule has 1 saturated carbocycles. The second-order valence-electron chi connectivity index (χ2n) is 5.94. The van der Waals surface area contributed by atoms with Crippen LogP contribution in [0, 0.1) is 17.2 Å². The second kappa shape index (κ2) is 7.59. The van der Waals surface area contributed by atoms with Gasteiger partial charge in [-0.25, -0.2) is 4.79 Å². The molecule has 1 aliphatic rings. The smallest absolute Gasteiger partial charge is 0.335 e. The van der Waals surface area contributed by atoms with Crippen LogP contribution in [0.25, 0.3) is 6.08 Å². The molecule has 1 aromatic rings. The molecule has 0 saturated heterocycles. The lowest BCUT2D eigenvalue weighted by Gasteiger charge is -2.29. The van der Waals surface area contributed by atoms with E-state index in [1.807, 2.05) is 6.07 Å². The van der Waals surface area contributed by atoms with Crippen LogP contribution in [0.1, 0.15) is 48.5 Å². The van der Waals surface area contributed by atoms with E-state index >= 15 is 0 Å². The molecular weight excluding hydrogens is 292 g/mol. The van der Waals surface area contributed by atoms with Gasteiger partial charge in [0.25, 0.3) is 5.91 Å². The highest BCUT2D eigenvalue weighted by Crippen LogP contribution is 2.24. The van der Waals surface area contributed by atoms with Crippen molar-refractivity contribution in [3.63, 3.8) is 0 Å². The highest BCUT2D eigenvalue weighted by Gasteiger charge is 2.24. The van der Waals surface area contributed by atoms with Crippen molar-refractivity contribution in [1.29, 1.82) is 5.26 Å². The van der Waals surface area contributed by atoms with Gasteiger partial charge in [0, 0.05) is 6.04 Å². The average Bonchev–Trinajstić information content (AvgIpc) is 2.55. The van der Waals surface area contributed by atoms with Gasteiger partial charge in [0.1, 0.15) is 11.6 Å². The monoisotopic (exact) mass is 312 g/mol. The normalized spacial score (nSPS) is 21.3. The molecule has 0 aromatic heterocycles. The molecule has 5 heteroatoms. The third kappa shape index (κ3) is 4.43. The molecule has 5 nitrogen and oxygen atoms in total. The third-order valence-corrected chi connectivity index (χ3v) is 4.26. The van der Waals surface area contributed by atoms with Gasteiger partial charge in [-0.15, -0.1) is 0 Å². The standard InChI is InChI=1S/C18H20N2O3/c1-12-4-2-3-5-16(12)20-17(21)15(11-19)10-13-6-8-14(9-7-13)18(22)23/h6-10,12,16H,2-5H2,1H3,(H,20,21)(H,22,23)/b15-10+/t12-,16+/m0/s1. The number of carbonyl (C=O) groups is 2. The summed E-state index contributed by atoms with van der Waals surface area (Å²) in [6.45, 7) is 2.12. The Hall–Kier alpha value is -2.61. The van der Waals surface area contributed by atoms with Crippen molar-refractivity contribution in [2.75, 3.05) is 0 Å². The number of carboxylic acids is 1. The Balaban J connectivity index is 2.10. The average molecular weight is 312 g/mol. The van der Waals surface area contributed by atoms with Gasteiger partial charge in [-0.3, -0.25) is 4.79 Å². The van der Waals surface area contributed by atoms with E-state index in [0.717, 1.165) is 19.3 Å². The van der Waals surface area contributed by atoms with Gasteiger partial charge in [0.15, 0.2) is 0 Å². The van der Waals surface area contributed by atoms with Crippen LogP contribution in [0.5, 0.6) is 0 Å². The Kier molecular flexibility index (Phi) is 5.53. The van der Waals surface area contributed by atoms with Crippen molar-refractivity contribution >= 4 is 18.0 Å². The highest BCUT2D eigenvalue weighted by molar-refractivity contribution is 6.02. The molecule has 2 N–H and O–H groups in total. The summed E-state index contributed by atoms with van der Waals surface area (Å²) in [5, 5.41) is 21.0. The summed E-state index contributed by atoms with van der Waals surface area (Å²) in [6, 6.07) is 8.10. The van der Waals surface area contributed by atoms with Crippen LogP contribution in [-0.4, -0.2) is 23.0 Å². The maximum atomic E-state index is 12.3. The number of hydrogen-bond donors (Lipinski definition) is 2. The maximum Gasteiger partial charge on any atom is 0.335 e. The first-order chi connectivity index (χ1) is 11.0. The number of hydrogen-bond acceptors (Lipinski definition) is 3. The minimum absolute atomic E-state index is 0.0332. The van der Waals surface area contributed by atoms with E-state index in [0.29, 0.717) is 11.5 Å². The Morgan fingerprint density at radius 1 is 1.26 bits per heavy atom. The third-order valence-electron chi connectivity index (χ3n) is 4.26. The lowest BCUT2D eigenvalue weighted by molar-refractivity contribution is -0.118. The summed E-state index contributed by atoms with van der Waals surface area (Å²) in [7, 11) is 0. The van der Waals surface area contributed by atoms with E-state index in [2.05, 4.69) is 12.2 Å². The summed E-state index contributed by atoms with van der Waals surface area (Å²) in [5.74, 6) is -0.957. The minimum atomic E-state index is -1.01. The number of nitrogens with zero attached hydrogens (tertiary/aromatic N) is 1. The van der Waals surface area contributed by atoms with E-state index < -0.39 is 5.97 Å². The van der Waals surface area contributed by atoms with Gasteiger partial charge in [-0.2, -0.15) is 5.26 Å². The number of rotatable bonds is 4. The summed E-state index contributed by atoms with van der Waals surface area (Å²) in [5.41, 5.74) is 0.824. The minimum Gasteiger partial charge on any atom is -0.478 e. The van der Waals surface area contributed by atoms with Crippen LogP contribution in [0.2, 0.25) is 0 Å². The summed E-state index contributed by atoms with van der Waals surface area (Å²) < 4.78 is 0. The first kappa shape index (κ1) is 16.8. The molecular formula is C18H20N2O3. The zero-order chi connectivity index (χ0) is 16.8. The van der Waals surface area contributed by atoms with Crippen molar-refractivity contribution in [2.24, 2.45) is 5.92 Å². The Morgan fingerprint density at radius 2 is 1.91 bits per heavy atom. The number of carboxylic acid groups (broad SMARTS) is 1. The van der Waals surface area contributed by atoms with E-state index in [9.17, 15) is 14.9 Å². The number of amides is 1. The van der Waals surface area contributed by atoms with Gasteiger partial charge >= 0.3 is 5.97 Å². The van der Waals surface area contributed by atoms with Crippen LogP contribution in [0.3, 0.4) is 0 Å². The molecule has 1 aliphatic carbocycles. The van der Waals surface area contributed by atoms with Crippen LogP contribution in [0.15, 0.2) is 29.8 Å². The molecule has 0 aliphatic heterocycles. The van der Waals surface area contributed by atoms with Crippen molar-refractivity contribution in [2.45, 2.75) is 38.6 Å². The van der Waals surface area contributed by atoms with E-state index in [4.69, 9.17) is 5.11 Å². The molecule has 23 heavy (non-hydrogen) atoms. The molecule has 0 unspecified atom stereocenters. The molecule has 120 valence electrons. The number of carbonyl (C=O) groups excluding carboxylic acids is 1. The first-order valence-corrected chi connectivity index (χ1v) is 7.77. The van der Waals surface area contributed by atoms with Gasteiger partial charge in [0.2, 0.25) is 0 Å². The lowest BCUT2D eigenvalue weighted by atomic mass is 9.86. The van der Waals surface area contributed by atoms with Crippen molar-refractivity contribution < 1.29 is 14.7 Å². The van der Waals surface area contributed by atoms with Gasteiger partial charge in [-0.05, 0) is 42.5 Å². The van der Waals surface area contributed by atoms with Crippen molar-refractivity contribution in [1.82, 2.24) is 5.32 Å². The first-order valence-electron chi connectivity index (χ1n) is 7.77. The lowest BCUT2D eigenvalue weighted by Crippen LogP contribution is -2.41. The molecule has 0 spiro atoms. The molecule has 0 radical (unpaired) electrons. The van der Waals surface area contributed by atoms with E-state index in [1.165, 1.54) is 24.6 Å². The molecule has 1 fully saturated rings. The van der Waals surface area contributed by atoms with E-state index in [1.54, 1.807) is 12.1 Å². The molecule has 1 amide bonds. The predicted octanol–water partition coefficient (Wildman–Crippen LogP) is 2.99. The van der Waals surface area contributed by atoms with Crippen LogP contribution in [-0.2, 0) is 4.79 Å². The largest absolute Gasteiger partial charge is 0.478 e. The van der Waals surface area contributed by atoms with E-state index in [-0.39, 0.29) is 23.1 Å². The fraction of sp³-hybridized carbons (Fsp3) is 0.389. The highest BCUT2D eigenvalue weighted by atomic mass is 16.4. The summed E-state index contributed by atoms with van der Waals surface area (Å²) >= 11 is 0. The number of benzene rings is 1. The summed E-state index contributed by atoms with van der Waals surface area (Å²) in [6.07, 6.45) is 5.79. The van der Waals surface area contributed by atoms with Gasteiger partial charge in [-0.1, -0.05) is 31.9 Å². The predicted molar refractivity (Wildman–Crippen MR) is 86.6 cm³/mol. The second-order valence-corrected chi connectivity index (χ2v) is 5.94. The van der Waals surface area contributed by atoms with Crippen LogP contribution >= 0.6 is 0 Å². The SMILES string of the molecule is C[C@H]1CCCC[C@H]1NC(=O)/C(C#N)=C/c1ccc(C(=O)O)cc1. The zero-order valence-corrected chi connectivity index (χ0v) is 13.1. The van der Waals surface area contributed by atoms with Gasteiger partial charge in [0.05, 0.1) is 5.56 Å². The van der Waals surface area contributed by atoms with Crippen molar-refractivity contribution in [3.05, 3.63) is 41.0 Å². The van der Waals surface area contributed by atoms with Gasteiger partial charge < -0.3 is 10.4 Å². The van der Waals surface area contributed by atoms with Crippen LogP contribution < -0.4 is 5.32 Å². The molecule has 0 heterocycles. The fourth-order valence-corrected chi connectivity index (χ4v) is 2.81. The maximum absolute atomic E-state index is 12.3. The number of nitrogens with one attached hydrogen (secondary N) is 1. The molecule has 2 atom stereocenters. The summed E-state index contributed by atoms with van der Waals surface area (Å²) in [4.78, 5) is 23.1. The Morgan fingerprint density at radius 3 is 2.48 bits per heavy atom. The molecule has 0 bridgehead atoms. The Labute approximate surface area is 135 Å². The fourth-order valence-electron chi connectivity index (χ4n) is 2.81.